The van der Waals surface area contributed by atoms with Crippen LogP contribution in [0.2, 0.25) is 0 Å². The molecule has 0 bridgehead atoms. The first-order chi connectivity index (χ1) is 7.13. The topological polar surface area (TPSA) is 40.7 Å². The molecule has 15 heavy (non-hydrogen) atoms. The highest BCUT2D eigenvalue weighted by atomic mass is 32.1. The van der Waals surface area contributed by atoms with Crippen molar-refractivity contribution >= 4 is 34.4 Å². The number of aryl methyl sites for hydroxylation is 1. The van der Waals surface area contributed by atoms with Gasteiger partial charge < -0.3 is 5.32 Å². The molecule has 0 fully saturated rings. The predicted molar refractivity (Wildman–Crippen MR) is 61.7 cm³/mol. The Hall–Kier alpha value is -1.27. The van der Waals surface area contributed by atoms with Gasteiger partial charge in [-0.15, -0.1) is 5.10 Å². The third kappa shape index (κ3) is 2.60. The Labute approximate surface area is 95.0 Å². The zero-order valence-corrected chi connectivity index (χ0v) is 9.51. The Morgan fingerprint density at radius 2 is 2.27 bits per heavy atom. The summed E-state index contributed by atoms with van der Waals surface area (Å²) in [5, 5.41) is 10.2. The van der Waals surface area contributed by atoms with Crippen LogP contribution in [0.4, 0.5) is 15.2 Å². The van der Waals surface area contributed by atoms with Crippen LogP contribution in [0.1, 0.15) is 5.56 Å². The largest absolute Gasteiger partial charge is 0.330 e. The first kappa shape index (κ1) is 10.3. The van der Waals surface area contributed by atoms with Gasteiger partial charge in [0.25, 0.3) is 0 Å². The van der Waals surface area contributed by atoms with Gasteiger partial charge in [-0.2, -0.15) is 0 Å². The summed E-state index contributed by atoms with van der Waals surface area (Å²) in [6, 6.07) is 4.72. The maximum atomic E-state index is 13.1. The quantitative estimate of drug-likeness (QED) is 0.792. The van der Waals surface area contributed by atoms with Gasteiger partial charge in [-0.1, -0.05) is 11.3 Å². The van der Waals surface area contributed by atoms with E-state index in [1.54, 1.807) is 0 Å². The summed E-state index contributed by atoms with van der Waals surface area (Å²) < 4.78 is 13.6. The highest BCUT2D eigenvalue weighted by Gasteiger charge is 2.01. The molecule has 0 atom stereocenters. The minimum atomic E-state index is -0.267. The molecule has 2 rings (SSSR count). The van der Waals surface area contributed by atoms with Crippen molar-refractivity contribution in [3.8, 4) is 0 Å². The molecule has 1 aromatic heterocycles. The van der Waals surface area contributed by atoms with Crippen LogP contribution < -0.4 is 5.32 Å². The van der Waals surface area contributed by atoms with Gasteiger partial charge in [0.05, 0.1) is 0 Å². The summed E-state index contributed by atoms with van der Waals surface area (Å²) in [4.78, 5) is 0. The van der Waals surface area contributed by atoms with Gasteiger partial charge in [0, 0.05) is 5.69 Å². The molecule has 1 aromatic carbocycles. The van der Waals surface area contributed by atoms with E-state index in [0.29, 0.717) is 14.8 Å². The minimum Gasteiger partial charge on any atom is -0.330 e. The smallest absolute Gasteiger partial charge is 0.208 e. The van der Waals surface area contributed by atoms with E-state index in [-0.39, 0.29) is 5.82 Å². The first-order valence-electron chi connectivity index (χ1n) is 4.23. The number of nitrogens with zero attached hydrogens (tertiary/aromatic N) is 1. The van der Waals surface area contributed by atoms with Crippen LogP contribution in [0.15, 0.2) is 18.2 Å². The number of halogens is 1. The SMILES string of the molecule is Cc1cc(F)cc(Nc2n[nH]c(=S)s2)c1. The number of nitrogens with one attached hydrogen (secondary N) is 2. The molecule has 3 nitrogen and oxygen atoms in total. The molecule has 0 aliphatic carbocycles. The number of hydrogen-bond donors (Lipinski definition) is 2. The van der Waals surface area contributed by atoms with Gasteiger partial charge in [-0.3, -0.25) is 5.10 Å². The Balaban J connectivity index is 2.27. The van der Waals surface area contributed by atoms with Gasteiger partial charge in [-0.25, -0.2) is 4.39 Å². The van der Waals surface area contributed by atoms with Crippen LogP contribution in [-0.2, 0) is 0 Å². The number of rotatable bonds is 2. The first-order valence-corrected chi connectivity index (χ1v) is 5.46. The molecule has 0 unspecified atom stereocenters. The lowest BCUT2D eigenvalue weighted by Gasteiger charge is -2.03. The minimum absolute atomic E-state index is 0.267. The zero-order valence-electron chi connectivity index (χ0n) is 7.87. The summed E-state index contributed by atoms with van der Waals surface area (Å²) in [7, 11) is 0. The molecule has 0 amide bonds. The van der Waals surface area contributed by atoms with E-state index < -0.39 is 0 Å². The molecule has 2 N–H and O–H groups in total. The van der Waals surface area contributed by atoms with E-state index in [1.165, 1.54) is 23.5 Å². The molecule has 0 spiro atoms. The molecule has 0 aliphatic rings. The van der Waals surface area contributed by atoms with Crippen molar-refractivity contribution in [1.82, 2.24) is 10.2 Å². The van der Waals surface area contributed by atoms with Gasteiger partial charge >= 0.3 is 0 Å². The number of aromatic amines is 1. The fourth-order valence-corrected chi connectivity index (χ4v) is 2.02. The summed E-state index contributed by atoms with van der Waals surface area (Å²) in [6.45, 7) is 1.83. The summed E-state index contributed by atoms with van der Waals surface area (Å²) in [5.74, 6) is -0.267. The molecule has 0 aliphatic heterocycles. The monoisotopic (exact) mass is 241 g/mol. The van der Waals surface area contributed by atoms with E-state index in [0.717, 1.165) is 5.56 Å². The molecule has 0 radical (unpaired) electrons. The van der Waals surface area contributed by atoms with Gasteiger partial charge in [0.2, 0.25) is 5.13 Å². The van der Waals surface area contributed by atoms with Crippen molar-refractivity contribution in [1.29, 1.82) is 0 Å². The van der Waals surface area contributed by atoms with Gasteiger partial charge in [-0.05, 0) is 42.9 Å². The van der Waals surface area contributed by atoms with Crippen LogP contribution in [0, 0.1) is 16.7 Å². The fourth-order valence-electron chi connectivity index (χ4n) is 1.22. The van der Waals surface area contributed by atoms with Crippen molar-refractivity contribution < 1.29 is 4.39 Å². The lowest BCUT2D eigenvalue weighted by Crippen LogP contribution is -1.91. The second-order valence-corrected chi connectivity index (χ2v) is 4.73. The van der Waals surface area contributed by atoms with Crippen LogP contribution in [0.25, 0.3) is 0 Å². The lowest BCUT2D eigenvalue weighted by atomic mass is 10.2. The van der Waals surface area contributed by atoms with Crippen molar-refractivity contribution in [2.75, 3.05) is 5.32 Å². The summed E-state index contributed by atoms with van der Waals surface area (Å²) in [6.07, 6.45) is 0. The van der Waals surface area contributed by atoms with Crippen LogP contribution >= 0.6 is 23.6 Å². The molecule has 6 heteroatoms. The standard InChI is InChI=1S/C9H8FN3S2/c1-5-2-6(10)4-7(3-5)11-8-12-13-9(14)15-8/h2-4H,1H3,(H,11,12)(H,13,14). The molecule has 2 aromatic rings. The molecule has 0 saturated heterocycles. The third-order valence-corrected chi connectivity index (χ3v) is 2.74. The number of benzene rings is 1. The number of anilines is 2. The Morgan fingerprint density at radius 1 is 1.47 bits per heavy atom. The molecule has 0 saturated carbocycles. The van der Waals surface area contributed by atoms with E-state index in [2.05, 4.69) is 15.5 Å². The molecular weight excluding hydrogens is 233 g/mol. The van der Waals surface area contributed by atoms with Crippen molar-refractivity contribution in [3.05, 3.63) is 33.5 Å². The van der Waals surface area contributed by atoms with Gasteiger partial charge in [0.1, 0.15) is 5.82 Å². The number of aromatic nitrogens is 2. The maximum absolute atomic E-state index is 13.1. The second-order valence-electron chi connectivity index (χ2n) is 3.06. The average molecular weight is 241 g/mol. The Morgan fingerprint density at radius 3 is 2.87 bits per heavy atom. The van der Waals surface area contributed by atoms with Crippen molar-refractivity contribution in [2.45, 2.75) is 6.92 Å². The summed E-state index contributed by atoms with van der Waals surface area (Å²) in [5.41, 5.74) is 1.53. The summed E-state index contributed by atoms with van der Waals surface area (Å²) >= 11 is 6.20. The highest BCUT2D eigenvalue weighted by Crippen LogP contribution is 2.20. The van der Waals surface area contributed by atoms with E-state index in [9.17, 15) is 4.39 Å². The third-order valence-electron chi connectivity index (χ3n) is 1.73. The van der Waals surface area contributed by atoms with Crippen LogP contribution in [0.5, 0.6) is 0 Å². The Kier molecular flexibility index (Phi) is 2.79. The fraction of sp³-hybridized carbons (Fsp3) is 0.111. The molecular formula is C9H8FN3S2. The van der Waals surface area contributed by atoms with Crippen molar-refractivity contribution in [2.24, 2.45) is 0 Å². The van der Waals surface area contributed by atoms with Crippen LogP contribution in [0.3, 0.4) is 0 Å². The predicted octanol–water partition coefficient (Wildman–Crippen LogP) is 3.39. The zero-order chi connectivity index (χ0) is 10.8. The molecule has 78 valence electrons. The number of H-pyrrole nitrogens is 1. The van der Waals surface area contributed by atoms with E-state index in [4.69, 9.17) is 12.2 Å². The normalized spacial score (nSPS) is 10.3. The maximum Gasteiger partial charge on any atom is 0.208 e. The van der Waals surface area contributed by atoms with E-state index in [1.807, 2.05) is 13.0 Å². The highest BCUT2D eigenvalue weighted by molar-refractivity contribution is 7.73. The second kappa shape index (κ2) is 4.08. The van der Waals surface area contributed by atoms with Crippen LogP contribution in [-0.4, -0.2) is 10.2 Å². The van der Waals surface area contributed by atoms with E-state index >= 15 is 0 Å². The lowest BCUT2D eigenvalue weighted by molar-refractivity contribution is 0.627. The molecule has 1 heterocycles. The van der Waals surface area contributed by atoms with Gasteiger partial charge in [0.15, 0.2) is 3.95 Å². The van der Waals surface area contributed by atoms with Crippen molar-refractivity contribution in [3.63, 3.8) is 0 Å². The Bertz CT molecular complexity index is 512. The number of hydrogen-bond acceptors (Lipinski definition) is 4. The average Bonchev–Trinajstić information content (AvgIpc) is 2.49.